The van der Waals surface area contributed by atoms with Crippen LogP contribution in [0.4, 0.5) is 0 Å². The lowest BCUT2D eigenvalue weighted by atomic mass is 10.5. The van der Waals surface area contributed by atoms with Gasteiger partial charge in [0.25, 0.3) is 0 Å². The molecular formula is C8H11ClOS. The first kappa shape index (κ1) is 9.01. The zero-order chi connectivity index (χ0) is 8.10. The van der Waals surface area contributed by atoms with Gasteiger partial charge >= 0.3 is 0 Å². The van der Waals surface area contributed by atoms with E-state index in [1.54, 1.807) is 18.0 Å². The molecule has 1 aromatic rings. The normalized spacial score (nSPS) is 10.4. The number of aryl methyl sites for hydroxylation is 1. The molecule has 0 radical (unpaired) electrons. The Balaban J connectivity index is 2.32. The van der Waals surface area contributed by atoms with Gasteiger partial charge in [-0.2, -0.15) is 0 Å². The van der Waals surface area contributed by atoms with Gasteiger partial charge < -0.3 is 4.42 Å². The van der Waals surface area contributed by atoms with E-state index in [9.17, 15) is 0 Å². The maximum atomic E-state index is 5.54. The van der Waals surface area contributed by atoms with Gasteiger partial charge in [0.05, 0.1) is 6.26 Å². The number of halogens is 1. The molecule has 1 aromatic heterocycles. The molecule has 0 aliphatic rings. The molecule has 0 saturated carbocycles. The molecule has 0 atom stereocenters. The van der Waals surface area contributed by atoms with Crippen LogP contribution in [0.5, 0.6) is 0 Å². The van der Waals surface area contributed by atoms with Crippen LogP contribution in [0.1, 0.15) is 12.2 Å². The van der Waals surface area contributed by atoms with E-state index in [2.05, 4.69) is 0 Å². The summed E-state index contributed by atoms with van der Waals surface area (Å²) in [5, 5.41) is 0. The van der Waals surface area contributed by atoms with Gasteiger partial charge in [-0.05, 0) is 25.2 Å². The van der Waals surface area contributed by atoms with E-state index < -0.39 is 0 Å². The fourth-order valence-corrected chi connectivity index (χ4v) is 1.96. The van der Waals surface area contributed by atoms with Crippen molar-refractivity contribution in [3.8, 4) is 0 Å². The second-order valence-corrected chi connectivity index (χ2v) is 3.75. The Labute approximate surface area is 76.1 Å². The van der Waals surface area contributed by atoms with Gasteiger partial charge in [0.2, 0.25) is 0 Å². The van der Waals surface area contributed by atoms with Crippen LogP contribution in [-0.2, 0) is 0 Å². The summed E-state index contributed by atoms with van der Waals surface area (Å²) in [4.78, 5) is 1.23. The maximum Gasteiger partial charge on any atom is 0.114 e. The molecular weight excluding hydrogens is 180 g/mol. The third-order valence-electron chi connectivity index (χ3n) is 1.35. The average Bonchev–Trinajstić information content (AvgIpc) is 2.37. The molecule has 0 bridgehead atoms. The highest BCUT2D eigenvalue weighted by Gasteiger charge is 1.99. The molecule has 1 nitrogen and oxygen atoms in total. The van der Waals surface area contributed by atoms with Gasteiger partial charge in [-0.15, -0.1) is 23.4 Å². The monoisotopic (exact) mass is 190 g/mol. The Hall–Kier alpha value is -0.0800. The molecule has 62 valence electrons. The highest BCUT2D eigenvalue weighted by atomic mass is 35.5. The Morgan fingerprint density at radius 1 is 1.64 bits per heavy atom. The second kappa shape index (κ2) is 4.73. The minimum absolute atomic E-state index is 0.740. The summed E-state index contributed by atoms with van der Waals surface area (Å²) in [6.45, 7) is 1.98. The first-order valence-corrected chi connectivity index (χ1v) is 5.09. The van der Waals surface area contributed by atoms with E-state index in [0.29, 0.717) is 0 Å². The molecule has 11 heavy (non-hydrogen) atoms. The predicted molar refractivity (Wildman–Crippen MR) is 49.5 cm³/mol. The average molecular weight is 191 g/mol. The molecule has 1 rings (SSSR count). The highest BCUT2D eigenvalue weighted by molar-refractivity contribution is 7.99. The summed E-state index contributed by atoms with van der Waals surface area (Å²) in [5.41, 5.74) is 0. The topological polar surface area (TPSA) is 13.1 Å². The van der Waals surface area contributed by atoms with Crippen LogP contribution >= 0.6 is 23.4 Å². The van der Waals surface area contributed by atoms with Crippen molar-refractivity contribution in [2.45, 2.75) is 18.2 Å². The molecule has 0 aliphatic carbocycles. The molecule has 0 unspecified atom stereocenters. The summed E-state index contributed by atoms with van der Waals surface area (Å²) in [7, 11) is 0. The van der Waals surface area contributed by atoms with Gasteiger partial charge in [0, 0.05) is 10.8 Å². The van der Waals surface area contributed by atoms with Crippen molar-refractivity contribution < 1.29 is 4.42 Å². The molecule has 0 spiro atoms. The zero-order valence-electron chi connectivity index (χ0n) is 6.47. The van der Waals surface area contributed by atoms with Crippen molar-refractivity contribution >= 4 is 23.4 Å². The molecule has 0 aromatic carbocycles. The zero-order valence-corrected chi connectivity index (χ0v) is 8.04. The smallest absolute Gasteiger partial charge is 0.114 e. The molecule has 0 N–H and O–H groups in total. The van der Waals surface area contributed by atoms with E-state index >= 15 is 0 Å². The van der Waals surface area contributed by atoms with Crippen LogP contribution in [0.15, 0.2) is 21.6 Å². The van der Waals surface area contributed by atoms with E-state index in [4.69, 9.17) is 16.0 Å². The van der Waals surface area contributed by atoms with Crippen molar-refractivity contribution in [3.63, 3.8) is 0 Å². The standard InChI is InChI=1S/C8H11ClOS/c1-7-8(3-5-10-7)11-6-2-4-9/h3,5H,2,4,6H2,1H3. The lowest BCUT2D eigenvalue weighted by Crippen LogP contribution is -1.80. The van der Waals surface area contributed by atoms with Crippen molar-refractivity contribution in [2.24, 2.45) is 0 Å². The molecule has 0 fully saturated rings. The summed E-state index contributed by atoms with van der Waals surface area (Å²) in [6.07, 6.45) is 2.77. The minimum atomic E-state index is 0.740. The quantitative estimate of drug-likeness (QED) is 0.411. The molecule has 1 heterocycles. The SMILES string of the molecule is Cc1occc1SCCCCl. The van der Waals surface area contributed by atoms with Crippen LogP contribution in [0.25, 0.3) is 0 Å². The molecule has 3 heteroatoms. The number of thioether (sulfide) groups is 1. The Morgan fingerprint density at radius 3 is 3.00 bits per heavy atom. The predicted octanol–water partition coefficient (Wildman–Crippen LogP) is 3.31. The Morgan fingerprint density at radius 2 is 2.45 bits per heavy atom. The molecule has 0 saturated heterocycles. The fraction of sp³-hybridized carbons (Fsp3) is 0.500. The van der Waals surface area contributed by atoms with Crippen LogP contribution in [-0.4, -0.2) is 11.6 Å². The van der Waals surface area contributed by atoms with Gasteiger partial charge in [-0.25, -0.2) is 0 Å². The third-order valence-corrected chi connectivity index (χ3v) is 2.84. The lowest BCUT2D eigenvalue weighted by Gasteiger charge is -1.95. The Bertz CT molecular complexity index is 210. The first-order chi connectivity index (χ1) is 5.34. The molecule has 0 aliphatic heterocycles. The van der Waals surface area contributed by atoms with Crippen molar-refractivity contribution in [1.29, 1.82) is 0 Å². The number of rotatable bonds is 4. The second-order valence-electron chi connectivity index (χ2n) is 2.23. The highest BCUT2D eigenvalue weighted by Crippen LogP contribution is 2.23. The molecule has 0 amide bonds. The van der Waals surface area contributed by atoms with E-state index in [1.165, 1.54) is 4.90 Å². The van der Waals surface area contributed by atoms with E-state index in [1.807, 2.05) is 13.0 Å². The van der Waals surface area contributed by atoms with Gasteiger partial charge in [-0.1, -0.05) is 0 Å². The number of hydrogen-bond donors (Lipinski definition) is 0. The van der Waals surface area contributed by atoms with Crippen molar-refractivity contribution in [1.82, 2.24) is 0 Å². The lowest BCUT2D eigenvalue weighted by molar-refractivity contribution is 0.527. The Kier molecular flexibility index (Phi) is 3.87. The fourth-order valence-electron chi connectivity index (χ4n) is 0.760. The van der Waals surface area contributed by atoms with Gasteiger partial charge in [0.1, 0.15) is 5.76 Å². The summed E-state index contributed by atoms with van der Waals surface area (Å²) in [6, 6.07) is 1.99. The summed E-state index contributed by atoms with van der Waals surface area (Å²) in [5.74, 6) is 2.82. The maximum absolute atomic E-state index is 5.54. The number of furan rings is 1. The van der Waals surface area contributed by atoms with E-state index in [-0.39, 0.29) is 0 Å². The van der Waals surface area contributed by atoms with Crippen molar-refractivity contribution in [3.05, 3.63) is 18.1 Å². The first-order valence-electron chi connectivity index (χ1n) is 3.57. The number of hydrogen-bond acceptors (Lipinski definition) is 2. The van der Waals surface area contributed by atoms with Crippen LogP contribution in [0.2, 0.25) is 0 Å². The summed E-state index contributed by atoms with van der Waals surface area (Å²) < 4.78 is 5.14. The van der Waals surface area contributed by atoms with Gasteiger partial charge in [0.15, 0.2) is 0 Å². The van der Waals surface area contributed by atoms with Crippen molar-refractivity contribution in [2.75, 3.05) is 11.6 Å². The van der Waals surface area contributed by atoms with Crippen LogP contribution < -0.4 is 0 Å². The summed E-state index contributed by atoms with van der Waals surface area (Å²) >= 11 is 7.34. The minimum Gasteiger partial charge on any atom is -0.468 e. The number of alkyl halides is 1. The van der Waals surface area contributed by atoms with Crippen LogP contribution in [0.3, 0.4) is 0 Å². The largest absolute Gasteiger partial charge is 0.468 e. The van der Waals surface area contributed by atoms with Crippen LogP contribution in [0, 0.1) is 6.92 Å². The van der Waals surface area contributed by atoms with E-state index in [0.717, 1.165) is 23.8 Å². The van der Waals surface area contributed by atoms with Gasteiger partial charge in [-0.3, -0.25) is 0 Å². The third kappa shape index (κ3) is 2.80.